The molecule has 0 saturated heterocycles. The van der Waals surface area contributed by atoms with E-state index < -0.39 is 26.6 Å². The summed E-state index contributed by atoms with van der Waals surface area (Å²) in [6, 6.07) is 11.9. The lowest BCUT2D eigenvalue weighted by atomic mass is 10.1. The first-order valence-corrected chi connectivity index (χ1v) is 11.1. The predicted molar refractivity (Wildman–Crippen MR) is 108 cm³/mol. The summed E-state index contributed by atoms with van der Waals surface area (Å²) in [4.78, 5) is 13.1. The van der Waals surface area contributed by atoms with Crippen molar-refractivity contribution in [3.63, 3.8) is 0 Å². The zero-order valence-corrected chi connectivity index (χ0v) is 17.0. The molecule has 2 N–H and O–H groups in total. The molecule has 0 fully saturated rings. The van der Waals surface area contributed by atoms with Crippen molar-refractivity contribution >= 4 is 33.0 Å². The van der Waals surface area contributed by atoms with Crippen molar-refractivity contribution in [1.82, 2.24) is 5.32 Å². The smallest absolute Gasteiger partial charge is 0.261 e. The Morgan fingerprint density at radius 2 is 1.79 bits per heavy atom. The largest absolute Gasteiger partial charge is 0.344 e. The van der Waals surface area contributed by atoms with Gasteiger partial charge in [0.15, 0.2) is 11.6 Å². The lowest BCUT2D eigenvalue weighted by Crippen LogP contribution is -2.27. The number of halogens is 2. The zero-order valence-electron chi connectivity index (χ0n) is 15.4. The molecule has 1 aromatic heterocycles. The van der Waals surface area contributed by atoms with Crippen LogP contribution in [0, 0.1) is 11.6 Å². The molecule has 0 bridgehead atoms. The van der Waals surface area contributed by atoms with Crippen LogP contribution in [0.3, 0.4) is 0 Å². The standard InChI is InChI=1S/C20H18F2N2O3S2/c1-2-18(19-4-3-11-28-19)23-20(25)13-5-7-14(8-6-13)24-29(26,27)15-9-10-16(21)17(22)12-15/h3-12,18,24H,2H2,1H3,(H,23,25). The van der Waals surface area contributed by atoms with E-state index in [1.807, 2.05) is 24.4 Å². The van der Waals surface area contributed by atoms with Crippen LogP contribution in [0.1, 0.15) is 34.6 Å². The fourth-order valence-corrected chi connectivity index (χ4v) is 4.58. The highest BCUT2D eigenvalue weighted by molar-refractivity contribution is 7.92. The number of hydrogen-bond acceptors (Lipinski definition) is 4. The van der Waals surface area contributed by atoms with Crippen molar-refractivity contribution in [1.29, 1.82) is 0 Å². The Hall–Kier alpha value is -2.78. The van der Waals surface area contributed by atoms with Crippen LogP contribution in [0.15, 0.2) is 64.9 Å². The molecule has 3 rings (SSSR count). The lowest BCUT2D eigenvalue weighted by molar-refractivity contribution is 0.0936. The predicted octanol–water partition coefficient (Wildman–Crippen LogP) is 4.71. The van der Waals surface area contributed by atoms with Crippen LogP contribution in [0.2, 0.25) is 0 Å². The number of anilines is 1. The van der Waals surface area contributed by atoms with Crippen LogP contribution in [0.25, 0.3) is 0 Å². The van der Waals surface area contributed by atoms with Gasteiger partial charge in [-0.05, 0) is 60.3 Å². The third kappa shape index (κ3) is 4.99. The summed E-state index contributed by atoms with van der Waals surface area (Å²) in [5, 5.41) is 4.89. The van der Waals surface area contributed by atoms with E-state index in [-0.39, 0.29) is 17.6 Å². The highest BCUT2D eigenvalue weighted by Crippen LogP contribution is 2.23. The number of rotatable bonds is 7. The van der Waals surface area contributed by atoms with Crippen LogP contribution >= 0.6 is 11.3 Å². The van der Waals surface area contributed by atoms with Gasteiger partial charge in [-0.1, -0.05) is 13.0 Å². The summed E-state index contributed by atoms with van der Waals surface area (Å²) in [7, 11) is -4.09. The molecule has 0 aliphatic carbocycles. The second-order valence-electron chi connectivity index (χ2n) is 6.21. The Balaban J connectivity index is 1.71. The maximum atomic E-state index is 13.3. The Kier molecular flexibility index (Phi) is 6.29. The Morgan fingerprint density at radius 1 is 1.07 bits per heavy atom. The normalized spacial score (nSPS) is 12.4. The zero-order chi connectivity index (χ0) is 21.0. The number of carbonyl (C=O) groups is 1. The van der Waals surface area contributed by atoms with E-state index in [1.165, 1.54) is 24.3 Å². The number of sulfonamides is 1. The highest BCUT2D eigenvalue weighted by atomic mass is 32.2. The van der Waals surface area contributed by atoms with Crippen molar-refractivity contribution in [2.45, 2.75) is 24.3 Å². The minimum Gasteiger partial charge on any atom is -0.344 e. The monoisotopic (exact) mass is 436 g/mol. The molecule has 1 unspecified atom stereocenters. The summed E-state index contributed by atoms with van der Waals surface area (Å²) in [5.74, 6) is -2.66. The van der Waals surface area contributed by atoms with Gasteiger partial charge >= 0.3 is 0 Å². The van der Waals surface area contributed by atoms with Gasteiger partial charge < -0.3 is 5.32 Å². The van der Waals surface area contributed by atoms with E-state index in [1.54, 1.807) is 11.3 Å². The van der Waals surface area contributed by atoms with Crippen molar-refractivity contribution in [2.24, 2.45) is 0 Å². The number of carbonyl (C=O) groups excluding carboxylic acids is 1. The number of amides is 1. The molecule has 0 aliphatic rings. The number of nitrogens with one attached hydrogen (secondary N) is 2. The van der Waals surface area contributed by atoms with E-state index in [0.29, 0.717) is 11.6 Å². The van der Waals surface area contributed by atoms with Crippen molar-refractivity contribution in [3.05, 3.63) is 82.1 Å². The summed E-state index contributed by atoms with van der Waals surface area (Å²) < 4.78 is 53.2. The van der Waals surface area contributed by atoms with Gasteiger partial charge in [0.05, 0.1) is 10.9 Å². The van der Waals surface area contributed by atoms with Gasteiger partial charge in [-0.2, -0.15) is 0 Å². The Morgan fingerprint density at radius 3 is 2.38 bits per heavy atom. The van der Waals surface area contributed by atoms with Crippen molar-refractivity contribution < 1.29 is 22.0 Å². The number of benzene rings is 2. The van der Waals surface area contributed by atoms with Crippen LogP contribution in [0.5, 0.6) is 0 Å². The first-order chi connectivity index (χ1) is 13.8. The first-order valence-electron chi connectivity index (χ1n) is 8.72. The Labute approximate surface area is 171 Å². The summed E-state index contributed by atoms with van der Waals surface area (Å²) in [6.07, 6.45) is 0.734. The molecule has 5 nitrogen and oxygen atoms in total. The van der Waals surface area contributed by atoms with Gasteiger partial charge in [0, 0.05) is 16.1 Å². The second-order valence-corrected chi connectivity index (χ2v) is 8.87. The maximum Gasteiger partial charge on any atom is 0.261 e. The van der Waals surface area contributed by atoms with Gasteiger partial charge in [-0.25, -0.2) is 17.2 Å². The molecular weight excluding hydrogens is 418 g/mol. The van der Waals surface area contributed by atoms with Crippen LogP contribution in [0.4, 0.5) is 14.5 Å². The summed E-state index contributed by atoms with van der Waals surface area (Å²) in [6.45, 7) is 1.97. The van der Waals surface area contributed by atoms with E-state index in [0.717, 1.165) is 23.4 Å². The molecule has 3 aromatic rings. The third-order valence-electron chi connectivity index (χ3n) is 4.20. The maximum absolute atomic E-state index is 13.3. The average molecular weight is 437 g/mol. The molecule has 2 aromatic carbocycles. The highest BCUT2D eigenvalue weighted by Gasteiger charge is 2.18. The summed E-state index contributed by atoms with van der Waals surface area (Å²) in [5.41, 5.74) is 0.562. The van der Waals surface area contributed by atoms with Gasteiger partial charge in [0.25, 0.3) is 15.9 Å². The van der Waals surface area contributed by atoms with E-state index in [9.17, 15) is 22.0 Å². The second kappa shape index (κ2) is 8.71. The van der Waals surface area contributed by atoms with Crippen LogP contribution in [-0.2, 0) is 10.0 Å². The molecule has 1 atom stereocenters. The SMILES string of the molecule is CCC(NC(=O)c1ccc(NS(=O)(=O)c2ccc(F)c(F)c2)cc1)c1cccs1. The lowest BCUT2D eigenvalue weighted by Gasteiger charge is -2.15. The van der Waals surface area contributed by atoms with Gasteiger partial charge in [-0.3, -0.25) is 9.52 Å². The molecular formula is C20H18F2N2O3S2. The van der Waals surface area contributed by atoms with E-state index >= 15 is 0 Å². The molecule has 0 spiro atoms. The molecule has 0 aliphatic heterocycles. The molecule has 9 heteroatoms. The average Bonchev–Trinajstić information content (AvgIpc) is 3.23. The molecule has 0 saturated carbocycles. The van der Waals surface area contributed by atoms with Crippen molar-refractivity contribution in [2.75, 3.05) is 4.72 Å². The Bertz CT molecular complexity index is 1100. The van der Waals surface area contributed by atoms with Gasteiger partial charge in [0.2, 0.25) is 0 Å². The van der Waals surface area contributed by atoms with Crippen LogP contribution < -0.4 is 10.0 Å². The first kappa shape index (κ1) is 20.9. The van der Waals surface area contributed by atoms with Crippen molar-refractivity contribution in [3.8, 4) is 0 Å². The van der Waals surface area contributed by atoms with E-state index in [4.69, 9.17) is 0 Å². The topological polar surface area (TPSA) is 75.3 Å². The van der Waals surface area contributed by atoms with E-state index in [2.05, 4.69) is 10.0 Å². The third-order valence-corrected chi connectivity index (χ3v) is 6.57. The molecule has 0 radical (unpaired) electrons. The molecule has 1 heterocycles. The molecule has 29 heavy (non-hydrogen) atoms. The molecule has 152 valence electrons. The minimum atomic E-state index is -4.09. The van der Waals surface area contributed by atoms with Crippen LogP contribution in [-0.4, -0.2) is 14.3 Å². The minimum absolute atomic E-state index is 0.103. The summed E-state index contributed by atoms with van der Waals surface area (Å²) >= 11 is 1.56. The number of thiophene rings is 1. The fraction of sp³-hybridized carbons (Fsp3) is 0.150. The van der Waals surface area contributed by atoms with Gasteiger partial charge in [-0.15, -0.1) is 11.3 Å². The number of hydrogen-bond donors (Lipinski definition) is 2. The quantitative estimate of drug-likeness (QED) is 0.563. The molecule has 1 amide bonds. The van der Waals surface area contributed by atoms with Gasteiger partial charge in [0.1, 0.15) is 0 Å². The fourth-order valence-electron chi connectivity index (χ4n) is 2.65.